The Morgan fingerprint density at radius 2 is 1.90 bits per heavy atom. The van der Waals surface area contributed by atoms with Crippen molar-refractivity contribution in [3.8, 4) is 0 Å². The Labute approximate surface area is 128 Å². The van der Waals surface area contributed by atoms with Gasteiger partial charge in [0.2, 0.25) is 0 Å². The van der Waals surface area contributed by atoms with Crippen molar-refractivity contribution < 1.29 is 4.79 Å². The molecule has 0 aliphatic rings. The average molecular weight is 347 g/mol. The topological polar surface area (TPSA) is 45.8 Å². The van der Waals surface area contributed by atoms with Crippen molar-refractivity contribution in [2.45, 2.75) is 5.16 Å². The van der Waals surface area contributed by atoms with Crippen molar-refractivity contribution in [1.29, 1.82) is 0 Å². The van der Waals surface area contributed by atoms with Gasteiger partial charge in [0.15, 0.2) is 10.9 Å². The van der Waals surface area contributed by atoms with Crippen LogP contribution in [0.2, 0.25) is 0 Å². The maximum atomic E-state index is 12.2. The Hall–Kier alpha value is -1.59. The van der Waals surface area contributed by atoms with Crippen LogP contribution in [0.25, 0.3) is 11.0 Å². The molecule has 0 radical (unpaired) electrons. The number of aromatic nitrogens is 2. The maximum Gasteiger partial charge on any atom is 0.174 e. The summed E-state index contributed by atoms with van der Waals surface area (Å²) in [5, 5.41) is 0.770. The number of H-pyrrole nitrogens is 1. The van der Waals surface area contributed by atoms with Gasteiger partial charge in [-0.3, -0.25) is 4.79 Å². The van der Waals surface area contributed by atoms with E-state index in [0.29, 0.717) is 11.3 Å². The number of nitrogens with one attached hydrogen (secondary N) is 1. The number of imidazole rings is 1. The molecule has 0 aliphatic carbocycles. The first-order valence-corrected chi connectivity index (χ1v) is 7.87. The second-order valence-corrected chi connectivity index (χ2v) is 6.07. The van der Waals surface area contributed by atoms with Gasteiger partial charge in [-0.2, -0.15) is 0 Å². The van der Waals surface area contributed by atoms with Gasteiger partial charge in [0.25, 0.3) is 0 Å². The molecule has 3 aromatic rings. The summed E-state index contributed by atoms with van der Waals surface area (Å²) in [4.78, 5) is 19.8. The zero-order valence-corrected chi connectivity index (χ0v) is 12.9. The van der Waals surface area contributed by atoms with E-state index in [0.717, 1.165) is 20.7 Å². The largest absolute Gasteiger partial charge is 0.333 e. The lowest BCUT2D eigenvalue weighted by Gasteiger charge is -2.01. The number of para-hydroxylation sites is 2. The van der Waals surface area contributed by atoms with Crippen molar-refractivity contribution >= 4 is 44.5 Å². The fraction of sp³-hybridized carbons (Fsp3) is 0.0667. The van der Waals surface area contributed by atoms with E-state index in [-0.39, 0.29) is 5.78 Å². The van der Waals surface area contributed by atoms with E-state index in [9.17, 15) is 4.79 Å². The van der Waals surface area contributed by atoms with Crippen LogP contribution in [0.1, 0.15) is 10.4 Å². The summed E-state index contributed by atoms with van der Waals surface area (Å²) < 4.78 is 0.829. The van der Waals surface area contributed by atoms with Gasteiger partial charge in [-0.1, -0.05) is 58.0 Å². The van der Waals surface area contributed by atoms with Crippen LogP contribution in [0.4, 0.5) is 0 Å². The Morgan fingerprint density at radius 1 is 1.15 bits per heavy atom. The van der Waals surface area contributed by atoms with Crippen LogP contribution in [0, 0.1) is 0 Å². The van der Waals surface area contributed by atoms with Gasteiger partial charge in [-0.25, -0.2) is 4.98 Å². The van der Waals surface area contributed by atoms with Gasteiger partial charge >= 0.3 is 0 Å². The number of benzene rings is 2. The number of Topliss-reactive ketones (excluding diaryl/α,β-unsaturated/α-hetero) is 1. The number of rotatable bonds is 4. The molecule has 0 fully saturated rings. The number of fused-ring (bicyclic) bond motifs is 1. The monoisotopic (exact) mass is 346 g/mol. The molecule has 0 saturated heterocycles. The second-order valence-electron chi connectivity index (χ2n) is 4.25. The summed E-state index contributed by atoms with van der Waals surface area (Å²) >= 11 is 4.82. The van der Waals surface area contributed by atoms with E-state index in [2.05, 4.69) is 25.9 Å². The van der Waals surface area contributed by atoms with Crippen molar-refractivity contribution in [3.63, 3.8) is 0 Å². The van der Waals surface area contributed by atoms with Crippen LogP contribution in [-0.4, -0.2) is 21.5 Å². The van der Waals surface area contributed by atoms with Crippen LogP contribution < -0.4 is 0 Å². The van der Waals surface area contributed by atoms with Crippen molar-refractivity contribution in [2.24, 2.45) is 0 Å². The highest BCUT2D eigenvalue weighted by Crippen LogP contribution is 2.22. The highest BCUT2D eigenvalue weighted by atomic mass is 79.9. The molecule has 0 saturated carbocycles. The summed E-state index contributed by atoms with van der Waals surface area (Å²) in [6, 6.07) is 15.3. The lowest BCUT2D eigenvalue weighted by atomic mass is 10.1. The number of hydrogen-bond acceptors (Lipinski definition) is 3. The molecule has 1 heterocycles. The van der Waals surface area contributed by atoms with Gasteiger partial charge in [0.1, 0.15) is 0 Å². The lowest BCUT2D eigenvalue weighted by Crippen LogP contribution is -2.03. The predicted octanol–water partition coefficient (Wildman–Crippen LogP) is 4.30. The predicted molar refractivity (Wildman–Crippen MR) is 85.3 cm³/mol. The highest BCUT2D eigenvalue weighted by molar-refractivity contribution is 9.10. The minimum Gasteiger partial charge on any atom is -0.333 e. The molecule has 0 spiro atoms. The van der Waals surface area contributed by atoms with E-state index >= 15 is 0 Å². The SMILES string of the molecule is O=C(CSc1nc2ccccc2[nH]1)c1ccccc1Br. The molecule has 0 unspecified atom stereocenters. The molecule has 1 aromatic heterocycles. The molecule has 5 heteroatoms. The van der Waals surface area contributed by atoms with Crippen LogP contribution in [0.15, 0.2) is 58.2 Å². The molecular weight excluding hydrogens is 336 g/mol. The normalized spacial score (nSPS) is 10.8. The molecule has 0 aliphatic heterocycles. The van der Waals surface area contributed by atoms with Crippen LogP contribution in [0.3, 0.4) is 0 Å². The molecule has 2 aromatic carbocycles. The maximum absolute atomic E-state index is 12.2. The number of carbonyl (C=O) groups excluding carboxylic acids is 1. The number of hydrogen-bond donors (Lipinski definition) is 1. The minimum absolute atomic E-state index is 0.0860. The first-order valence-electron chi connectivity index (χ1n) is 6.09. The summed E-state index contributed by atoms with van der Waals surface area (Å²) in [5.74, 6) is 0.450. The fourth-order valence-electron chi connectivity index (χ4n) is 1.90. The van der Waals surface area contributed by atoms with Crippen LogP contribution in [-0.2, 0) is 0 Å². The van der Waals surface area contributed by atoms with Gasteiger partial charge in [0, 0.05) is 10.0 Å². The first-order chi connectivity index (χ1) is 9.74. The zero-order valence-electron chi connectivity index (χ0n) is 10.5. The quantitative estimate of drug-likeness (QED) is 0.565. The number of carbonyl (C=O) groups is 1. The van der Waals surface area contributed by atoms with Gasteiger partial charge in [-0.05, 0) is 18.2 Å². The summed E-state index contributed by atoms with van der Waals surface area (Å²) in [7, 11) is 0. The zero-order chi connectivity index (χ0) is 13.9. The Kier molecular flexibility index (Phi) is 3.89. The number of ketones is 1. The third-order valence-corrected chi connectivity index (χ3v) is 4.45. The van der Waals surface area contributed by atoms with Crippen LogP contribution in [0.5, 0.6) is 0 Å². The number of halogens is 1. The molecule has 0 amide bonds. The Morgan fingerprint density at radius 3 is 2.70 bits per heavy atom. The first kappa shape index (κ1) is 13.4. The van der Waals surface area contributed by atoms with E-state index in [4.69, 9.17) is 0 Å². The van der Waals surface area contributed by atoms with E-state index in [1.165, 1.54) is 11.8 Å². The Balaban J connectivity index is 1.73. The average Bonchev–Trinajstić information content (AvgIpc) is 2.88. The number of thioether (sulfide) groups is 1. The molecular formula is C15H11BrN2OS. The molecule has 3 rings (SSSR count). The van der Waals surface area contributed by atoms with Crippen molar-refractivity contribution in [3.05, 3.63) is 58.6 Å². The number of aromatic amines is 1. The molecule has 3 nitrogen and oxygen atoms in total. The Bertz CT molecular complexity index is 736. The van der Waals surface area contributed by atoms with Crippen molar-refractivity contribution in [2.75, 3.05) is 5.75 Å². The van der Waals surface area contributed by atoms with Crippen LogP contribution >= 0.6 is 27.7 Å². The highest BCUT2D eigenvalue weighted by Gasteiger charge is 2.11. The molecule has 100 valence electrons. The molecule has 20 heavy (non-hydrogen) atoms. The van der Waals surface area contributed by atoms with Crippen molar-refractivity contribution in [1.82, 2.24) is 9.97 Å². The minimum atomic E-state index is 0.0860. The van der Waals surface area contributed by atoms with E-state index in [1.54, 1.807) is 0 Å². The summed E-state index contributed by atoms with van der Waals surface area (Å²) in [6.45, 7) is 0. The number of nitrogens with zero attached hydrogens (tertiary/aromatic N) is 1. The lowest BCUT2D eigenvalue weighted by molar-refractivity contribution is 0.102. The molecule has 0 atom stereocenters. The smallest absolute Gasteiger partial charge is 0.174 e. The van der Waals surface area contributed by atoms with Gasteiger partial charge < -0.3 is 4.98 Å². The van der Waals surface area contributed by atoms with E-state index in [1.807, 2.05) is 48.5 Å². The van der Waals surface area contributed by atoms with E-state index < -0.39 is 0 Å². The third kappa shape index (κ3) is 2.78. The second kappa shape index (κ2) is 5.81. The fourth-order valence-corrected chi connectivity index (χ4v) is 3.17. The van der Waals surface area contributed by atoms with Gasteiger partial charge in [-0.15, -0.1) is 0 Å². The van der Waals surface area contributed by atoms with Gasteiger partial charge in [0.05, 0.1) is 16.8 Å². The standard InChI is InChI=1S/C15H11BrN2OS/c16-11-6-2-1-5-10(11)14(19)9-20-15-17-12-7-3-4-8-13(12)18-15/h1-8H,9H2,(H,17,18). The summed E-state index contributed by atoms with van der Waals surface area (Å²) in [5.41, 5.74) is 2.61. The third-order valence-electron chi connectivity index (χ3n) is 2.88. The molecule has 1 N–H and O–H groups in total. The summed E-state index contributed by atoms with van der Waals surface area (Å²) in [6.07, 6.45) is 0. The molecule has 0 bridgehead atoms.